The summed E-state index contributed by atoms with van der Waals surface area (Å²) in [6.45, 7) is 8.22. The van der Waals surface area contributed by atoms with Gasteiger partial charge in [-0.2, -0.15) is 0 Å². The van der Waals surface area contributed by atoms with Gasteiger partial charge in [-0.15, -0.1) is 0 Å². The minimum atomic E-state index is -0.589. The largest absolute Gasteiger partial charge is 0.444 e. The minimum absolute atomic E-state index is 0.162. The van der Waals surface area contributed by atoms with Gasteiger partial charge in [-0.3, -0.25) is 19.1 Å². The van der Waals surface area contributed by atoms with Gasteiger partial charge in [0.2, 0.25) is 0 Å². The van der Waals surface area contributed by atoms with Gasteiger partial charge in [0.05, 0.1) is 22.8 Å². The van der Waals surface area contributed by atoms with Gasteiger partial charge >= 0.3 is 6.09 Å². The number of hydrogen-bond acceptors (Lipinski definition) is 6. The van der Waals surface area contributed by atoms with Crippen LogP contribution in [0, 0.1) is 6.92 Å². The predicted octanol–water partition coefficient (Wildman–Crippen LogP) is 3.17. The van der Waals surface area contributed by atoms with Crippen molar-refractivity contribution in [3.8, 4) is 5.69 Å². The van der Waals surface area contributed by atoms with Gasteiger partial charge in [-0.25, -0.2) is 9.78 Å². The lowest BCUT2D eigenvalue weighted by molar-refractivity contribution is 0.0292. The van der Waals surface area contributed by atoms with E-state index in [-0.39, 0.29) is 23.5 Å². The number of rotatable bonds is 3. The van der Waals surface area contributed by atoms with Gasteiger partial charge in [0.15, 0.2) is 0 Å². The molecule has 0 saturated carbocycles. The van der Waals surface area contributed by atoms with Crippen LogP contribution in [-0.2, 0) is 4.74 Å². The second kappa shape index (κ2) is 8.89. The maximum atomic E-state index is 13.6. The molecule has 2 aromatic heterocycles. The van der Waals surface area contributed by atoms with Crippen LogP contribution in [0.3, 0.4) is 0 Å². The number of hydrogen-bond donors (Lipinski definition) is 1. The summed E-state index contributed by atoms with van der Waals surface area (Å²) in [4.78, 5) is 49.0. The number of likely N-dealkylation sites (tertiary alicyclic amines) is 1. The van der Waals surface area contributed by atoms with Gasteiger partial charge in [0.25, 0.3) is 11.5 Å². The molecule has 1 saturated heterocycles. The number of benzene rings is 1. The molecule has 1 unspecified atom stereocenters. The molecular formula is C25H29N5O4. The second-order valence-corrected chi connectivity index (χ2v) is 9.49. The summed E-state index contributed by atoms with van der Waals surface area (Å²) in [6, 6.07) is 8.54. The maximum absolute atomic E-state index is 13.6. The third kappa shape index (κ3) is 4.64. The number of aryl methyl sites for hydroxylation is 1. The Kier molecular flexibility index (Phi) is 6.12. The van der Waals surface area contributed by atoms with E-state index < -0.39 is 5.60 Å². The molecule has 0 aliphatic carbocycles. The van der Waals surface area contributed by atoms with E-state index in [1.54, 1.807) is 53.0 Å². The molecule has 1 aromatic carbocycles. The topological polar surface area (TPSA) is 106 Å². The van der Waals surface area contributed by atoms with Gasteiger partial charge in [-0.1, -0.05) is 0 Å². The maximum Gasteiger partial charge on any atom is 0.410 e. The fraction of sp³-hybridized carbons (Fsp3) is 0.400. The van der Waals surface area contributed by atoms with Crippen LogP contribution in [0.1, 0.15) is 55.0 Å². The van der Waals surface area contributed by atoms with Crippen molar-refractivity contribution in [3.05, 3.63) is 64.0 Å². The minimum Gasteiger partial charge on any atom is -0.444 e. The first-order valence-corrected chi connectivity index (χ1v) is 11.3. The molecular weight excluding hydrogens is 434 g/mol. The summed E-state index contributed by atoms with van der Waals surface area (Å²) in [7, 11) is 1.57. The normalized spacial score (nSPS) is 16.0. The Morgan fingerprint density at radius 1 is 1.18 bits per heavy atom. The summed E-state index contributed by atoms with van der Waals surface area (Å²) in [5.41, 5.74) is 1.53. The highest BCUT2D eigenvalue weighted by atomic mass is 16.6. The zero-order chi connectivity index (χ0) is 24.6. The Morgan fingerprint density at radius 2 is 1.88 bits per heavy atom. The molecule has 3 heterocycles. The highest BCUT2D eigenvalue weighted by Gasteiger charge is 2.33. The van der Waals surface area contributed by atoms with Crippen molar-refractivity contribution < 1.29 is 14.3 Å². The quantitative estimate of drug-likeness (QED) is 0.640. The zero-order valence-corrected chi connectivity index (χ0v) is 20.1. The monoisotopic (exact) mass is 463 g/mol. The van der Waals surface area contributed by atoms with E-state index in [2.05, 4.69) is 10.3 Å². The van der Waals surface area contributed by atoms with Crippen molar-refractivity contribution in [3.63, 3.8) is 0 Å². The van der Waals surface area contributed by atoms with Gasteiger partial charge in [-0.05, 0) is 64.4 Å². The van der Waals surface area contributed by atoms with Crippen molar-refractivity contribution in [1.82, 2.24) is 24.8 Å². The molecule has 178 valence electrons. The molecule has 9 nitrogen and oxygen atoms in total. The number of carbonyl (C=O) groups is 2. The molecule has 3 aromatic rings. The number of pyridine rings is 1. The van der Waals surface area contributed by atoms with Crippen LogP contribution < -0.4 is 10.9 Å². The van der Waals surface area contributed by atoms with Crippen LogP contribution >= 0.6 is 0 Å². The summed E-state index contributed by atoms with van der Waals surface area (Å²) in [5, 5.41) is 3.06. The van der Waals surface area contributed by atoms with E-state index in [4.69, 9.17) is 9.72 Å². The SMILES string of the molecule is CNC(=O)c1ccc(-n2c(C3CCN(C(=O)OC(C)(C)C)C3)nc3cnc(C)cc3c2=O)cc1. The lowest BCUT2D eigenvalue weighted by atomic mass is 10.1. The Morgan fingerprint density at radius 3 is 2.53 bits per heavy atom. The molecule has 1 N–H and O–H groups in total. The number of ether oxygens (including phenoxy) is 1. The number of aromatic nitrogens is 3. The summed E-state index contributed by atoms with van der Waals surface area (Å²) < 4.78 is 7.11. The first-order valence-electron chi connectivity index (χ1n) is 11.3. The molecule has 4 rings (SSSR count). The molecule has 0 bridgehead atoms. The van der Waals surface area contributed by atoms with E-state index >= 15 is 0 Å². The number of carbonyl (C=O) groups excluding carboxylic acids is 2. The molecule has 2 amide bonds. The lowest BCUT2D eigenvalue weighted by Gasteiger charge is -2.24. The summed E-state index contributed by atoms with van der Waals surface area (Å²) in [5.74, 6) is 0.188. The van der Waals surface area contributed by atoms with Crippen LogP contribution in [0.5, 0.6) is 0 Å². The molecule has 34 heavy (non-hydrogen) atoms. The smallest absolute Gasteiger partial charge is 0.410 e. The average Bonchev–Trinajstić information content (AvgIpc) is 3.28. The van der Waals surface area contributed by atoms with Crippen molar-refractivity contribution in [2.45, 2.75) is 45.6 Å². The number of fused-ring (bicyclic) bond motifs is 1. The lowest BCUT2D eigenvalue weighted by Crippen LogP contribution is -2.35. The van der Waals surface area contributed by atoms with Crippen molar-refractivity contribution in [2.75, 3.05) is 20.1 Å². The molecule has 9 heteroatoms. The molecule has 1 fully saturated rings. The van der Waals surface area contributed by atoms with Gasteiger partial charge in [0, 0.05) is 37.3 Å². The number of nitrogens with one attached hydrogen (secondary N) is 1. The highest BCUT2D eigenvalue weighted by molar-refractivity contribution is 5.94. The number of nitrogens with zero attached hydrogens (tertiary/aromatic N) is 4. The predicted molar refractivity (Wildman–Crippen MR) is 128 cm³/mol. The Hall–Kier alpha value is -3.75. The van der Waals surface area contributed by atoms with Crippen molar-refractivity contribution in [1.29, 1.82) is 0 Å². The van der Waals surface area contributed by atoms with Crippen LogP contribution in [-0.4, -0.2) is 57.2 Å². The Labute approximate surface area is 197 Å². The highest BCUT2D eigenvalue weighted by Crippen LogP contribution is 2.29. The van der Waals surface area contributed by atoms with Crippen LogP contribution in [0.4, 0.5) is 4.79 Å². The van der Waals surface area contributed by atoms with E-state index in [0.29, 0.717) is 47.5 Å². The Bertz CT molecular complexity index is 1310. The standard InChI is InChI=1S/C25H29N5O4/c1-15-12-19-20(13-27-15)28-21(17-10-11-29(14-17)24(33)34-25(2,3)4)30(23(19)32)18-8-6-16(7-9-18)22(31)26-5/h6-9,12-13,17H,10-11,14H2,1-5H3,(H,26,31). The third-order valence-electron chi connectivity index (χ3n) is 5.74. The fourth-order valence-corrected chi connectivity index (χ4v) is 4.10. The van der Waals surface area contributed by atoms with E-state index in [1.165, 1.54) is 0 Å². The van der Waals surface area contributed by atoms with E-state index in [9.17, 15) is 14.4 Å². The molecule has 1 aliphatic heterocycles. The molecule has 0 spiro atoms. The van der Waals surface area contributed by atoms with Crippen LogP contribution in [0.2, 0.25) is 0 Å². The second-order valence-electron chi connectivity index (χ2n) is 9.49. The molecule has 1 aliphatic rings. The fourth-order valence-electron chi connectivity index (χ4n) is 4.10. The van der Waals surface area contributed by atoms with Gasteiger partial charge in [0.1, 0.15) is 11.4 Å². The van der Waals surface area contributed by atoms with Crippen molar-refractivity contribution >= 4 is 22.9 Å². The third-order valence-corrected chi connectivity index (χ3v) is 5.74. The first kappa shape index (κ1) is 23.4. The zero-order valence-electron chi connectivity index (χ0n) is 20.1. The Balaban J connectivity index is 1.79. The van der Waals surface area contributed by atoms with E-state index in [0.717, 1.165) is 5.69 Å². The van der Waals surface area contributed by atoms with Crippen LogP contribution in [0.15, 0.2) is 41.3 Å². The first-order chi connectivity index (χ1) is 16.1. The molecule has 1 atom stereocenters. The van der Waals surface area contributed by atoms with Gasteiger partial charge < -0.3 is 15.0 Å². The summed E-state index contributed by atoms with van der Waals surface area (Å²) in [6.07, 6.45) is 1.87. The number of amides is 2. The average molecular weight is 464 g/mol. The molecule has 0 radical (unpaired) electrons. The van der Waals surface area contributed by atoms with Crippen LogP contribution in [0.25, 0.3) is 16.6 Å². The van der Waals surface area contributed by atoms with E-state index in [1.807, 2.05) is 27.7 Å². The van der Waals surface area contributed by atoms with Crippen molar-refractivity contribution in [2.24, 2.45) is 0 Å². The summed E-state index contributed by atoms with van der Waals surface area (Å²) >= 11 is 0.